The van der Waals surface area contributed by atoms with E-state index in [1.54, 1.807) is 6.92 Å². The second-order valence-electron chi connectivity index (χ2n) is 2.54. The molecule has 0 saturated heterocycles. The molecule has 0 aliphatic rings. The van der Waals surface area contributed by atoms with Crippen molar-refractivity contribution in [3.8, 4) is 0 Å². The third kappa shape index (κ3) is 4.41. The predicted octanol–water partition coefficient (Wildman–Crippen LogP) is 0.377. The first kappa shape index (κ1) is 13.4. The topological polar surface area (TPSA) is 102 Å². The van der Waals surface area contributed by atoms with Crippen molar-refractivity contribution in [2.24, 2.45) is 5.73 Å². The third-order valence-electron chi connectivity index (χ3n) is 1.33. The van der Waals surface area contributed by atoms with Crippen LogP contribution in [0.2, 0.25) is 0 Å². The van der Waals surface area contributed by atoms with Gasteiger partial charge in [0.1, 0.15) is 10.6 Å². The van der Waals surface area contributed by atoms with E-state index in [-0.39, 0.29) is 22.9 Å². The van der Waals surface area contributed by atoms with Gasteiger partial charge >= 0.3 is 12.1 Å². The molecule has 0 saturated carbocycles. The van der Waals surface area contributed by atoms with Crippen LogP contribution < -0.4 is 11.1 Å². The maximum Gasteiger partial charge on any atom is 0.412 e. The number of nitrogens with two attached hydrogens (primary N) is 1. The molecule has 4 N–H and O–H groups in total. The predicted molar refractivity (Wildman–Crippen MR) is 57.3 cm³/mol. The van der Waals surface area contributed by atoms with Crippen LogP contribution >= 0.6 is 12.2 Å². The zero-order valence-electron chi connectivity index (χ0n) is 8.36. The normalized spacial score (nSPS) is 11.3. The van der Waals surface area contributed by atoms with Crippen molar-refractivity contribution >= 4 is 29.3 Å². The molecule has 0 radical (unpaired) electrons. The van der Waals surface area contributed by atoms with Gasteiger partial charge in [0.25, 0.3) is 0 Å². The van der Waals surface area contributed by atoms with E-state index in [0.29, 0.717) is 0 Å². The lowest BCUT2D eigenvalue weighted by molar-refractivity contribution is -0.132. The molecule has 0 spiro atoms. The van der Waals surface area contributed by atoms with Crippen molar-refractivity contribution in [2.75, 3.05) is 6.61 Å². The number of ether oxygens (including phenoxy) is 1. The maximum absolute atomic E-state index is 10.9. The minimum absolute atomic E-state index is 0.0179. The van der Waals surface area contributed by atoms with Gasteiger partial charge in [-0.3, -0.25) is 5.32 Å². The fourth-order valence-corrected chi connectivity index (χ4v) is 1.10. The van der Waals surface area contributed by atoms with Crippen molar-refractivity contribution in [1.82, 2.24) is 5.32 Å². The average Bonchev–Trinajstić information content (AvgIpc) is 2.01. The van der Waals surface area contributed by atoms with Gasteiger partial charge in [0.15, 0.2) is 0 Å². The lowest BCUT2D eigenvalue weighted by Crippen LogP contribution is -2.34. The molecule has 0 aromatic rings. The number of amides is 1. The summed E-state index contributed by atoms with van der Waals surface area (Å²) in [6.07, 6.45) is -0.803. The number of hydrogen-bond donors (Lipinski definition) is 3. The Kier molecular flexibility index (Phi) is 5.32. The summed E-state index contributed by atoms with van der Waals surface area (Å²) in [5.74, 6) is -1.29. The molecule has 0 heterocycles. The van der Waals surface area contributed by atoms with Crippen LogP contribution in [0.1, 0.15) is 13.8 Å². The number of carboxylic acids is 1. The Balaban J connectivity index is 4.64. The largest absolute Gasteiger partial charge is 0.478 e. The Morgan fingerprint density at radius 2 is 2.07 bits per heavy atom. The number of aliphatic carboxylic acids is 1. The second-order valence-corrected chi connectivity index (χ2v) is 2.95. The fraction of sp³-hybridized carbons (Fsp3) is 0.375. The lowest BCUT2D eigenvalue weighted by atomic mass is 10.2. The highest BCUT2D eigenvalue weighted by molar-refractivity contribution is 7.80. The Hall–Kier alpha value is -1.63. The summed E-state index contributed by atoms with van der Waals surface area (Å²) in [6, 6.07) is 0. The van der Waals surface area contributed by atoms with E-state index in [0.717, 1.165) is 0 Å². The first-order valence-corrected chi connectivity index (χ1v) is 4.48. The second kappa shape index (κ2) is 5.97. The van der Waals surface area contributed by atoms with Crippen molar-refractivity contribution in [1.29, 1.82) is 0 Å². The molecule has 0 aromatic carbocycles. The van der Waals surface area contributed by atoms with Gasteiger partial charge in [0.05, 0.1) is 6.61 Å². The first-order chi connectivity index (χ1) is 6.90. The Labute approximate surface area is 92.1 Å². The smallest absolute Gasteiger partial charge is 0.412 e. The van der Waals surface area contributed by atoms with E-state index in [1.165, 1.54) is 6.92 Å². The van der Waals surface area contributed by atoms with Gasteiger partial charge in [-0.2, -0.15) is 0 Å². The molecule has 0 atom stereocenters. The molecule has 0 aliphatic heterocycles. The molecule has 1 amide bonds. The summed E-state index contributed by atoms with van der Waals surface area (Å²) >= 11 is 4.69. The minimum Gasteiger partial charge on any atom is -0.478 e. The monoisotopic (exact) mass is 232 g/mol. The van der Waals surface area contributed by atoms with Gasteiger partial charge < -0.3 is 15.6 Å². The van der Waals surface area contributed by atoms with Crippen molar-refractivity contribution in [3.05, 3.63) is 11.3 Å². The van der Waals surface area contributed by atoms with Gasteiger partial charge in [0, 0.05) is 5.70 Å². The van der Waals surface area contributed by atoms with Gasteiger partial charge in [-0.15, -0.1) is 0 Å². The summed E-state index contributed by atoms with van der Waals surface area (Å²) in [5, 5.41) is 10.8. The minimum atomic E-state index is -1.29. The summed E-state index contributed by atoms with van der Waals surface area (Å²) in [4.78, 5) is 21.4. The molecular formula is C8H12N2O4S. The van der Waals surface area contributed by atoms with Crippen LogP contribution in [0.4, 0.5) is 4.79 Å². The van der Waals surface area contributed by atoms with Crippen LogP contribution in [-0.2, 0) is 9.53 Å². The molecule has 0 bridgehead atoms. The van der Waals surface area contributed by atoms with Gasteiger partial charge in [-0.25, -0.2) is 9.59 Å². The van der Waals surface area contributed by atoms with E-state index in [2.05, 4.69) is 22.3 Å². The summed E-state index contributed by atoms with van der Waals surface area (Å²) < 4.78 is 4.53. The first-order valence-electron chi connectivity index (χ1n) is 4.07. The van der Waals surface area contributed by atoms with Crippen molar-refractivity contribution in [3.63, 3.8) is 0 Å². The van der Waals surface area contributed by atoms with E-state index in [1.807, 2.05) is 0 Å². The van der Waals surface area contributed by atoms with E-state index in [4.69, 9.17) is 10.8 Å². The summed E-state index contributed by atoms with van der Waals surface area (Å²) in [6.45, 7) is 3.16. The molecule has 7 heteroatoms. The van der Waals surface area contributed by atoms with Crippen LogP contribution in [0.5, 0.6) is 0 Å². The zero-order valence-corrected chi connectivity index (χ0v) is 9.18. The average molecular weight is 232 g/mol. The summed E-state index contributed by atoms with van der Waals surface area (Å²) in [5.41, 5.74) is 5.02. The molecule has 0 aromatic heterocycles. The molecule has 0 unspecified atom stereocenters. The van der Waals surface area contributed by atoms with E-state index < -0.39 is 12.1 Å². The highest BCUT2D eigenvalue weighted by Crippen LogP contribution is 2.01. The zero-order chi connectivity index (χ0) is 12.0. The van der Waals surface area contributed by atoms with E-state index in [9.17, 15) is 9.59 Å². The number of carboxylic acid groups (broad SMARTS) is 1. The van der Waals surface area contributed by atoms with Crippen molar-refractivity contribution < 1.29 is 19.4 Å². The van der Waals surface area contributed by atoms with Crippen LogP contribution in [0, 0.1) is 0 Å². The molecule has 84 valence electrons. The summed E-state index contributed by atoms with van der Waals surface area (Å²) in [7, 11) is 0. The number of alkyl carbamates (subject to hydrolysis) is 1. The number of allylic oxidation sites excluding steroid dienone is 1. The Morgan fingerprint density at radius 3 is 2.40 bits per heavy atom. The van der Waals surface area contributed by atoms with Crippen LogP contribution in [-0.4, -0.2) is 28.8 Å². The fourth-order valence-electron chi connectivity index (χ4n) is 0.767. The highest BCUT2D eigenvalue weighted by Gasteiger charge is 2.18. The Morgan fingerprint density at radius 1 is 1.53 bits per heavy atom. The van der Waals surface area contributed by atoms with Crippen LogP contribution in [0.3, 0.4) is 0 Å². The van der Waals surface area contributed by atoms with Crippen molar-refractivity contribution in [2.45, 2.75) is 13.8 Å². The molecular weight excluding hydrogens is 220 g/mol. The number of rotatable bonds is 3. The lowest BCUT2D eigenvalue weighted by Gasteiger charge is -2.08. The molecule has 15 heavy (non-hydrogen) atoms. The van der Waals surface area contributed by atoms with Crippen LogP contribution in [0.25, 0.3) is 0 Å². The number of thiocarbonyl (C=S) groups is 1. The highest BCUT2D eigenvalue weighted by atomic mass is 32.1. The number of carbonyl (C=O) groups is 2. The number of carbonyl (C=O) groups excluding carboxylic acids is 1. The number of hydrogen-bond acceptors (Lipinski definition) is 5. The molecule has 0 aliphatic carbocycles. The van der Waals surface area contributed by atoms with Crippen LogP contribution in [0.15, 0.2) is 11.3 Å². The maximum atomic E-state index is 10.9. The van der Waals surface area contributed by atoms with Gasteiger partial charge in [0.2, 0.25) is 0 Å². The van der Waals surface area contributed by atoms with E-state index >= 15 is 0 Å². The molecule has 0 fully saturated rings. The standard InChI is InChI=1S/C8H12N2O4S/c1-3-14-8(13)10-6(15)5(4(2)9)7(11)12/h3,9H2,1-2H3,(H,11,12)(H,10,13,15). The number of nitrogens with one attached hydrogen (secondary N) is 1. The Bertz CT molecular complexity index is 321. The SMILES string of the molecule is CCOC(=O)NC(=S)C(C(=O)O)=C(C)N. The third-order valence-corrected chi connectivity index (χ3v) is 1.63. The quantitative estimate of drug-likeness (QED) is 0.480. The van der Waals surface area contributed by atoms with Gasteiger partial charge in [-0.1, -0.05) is 12.2 Å². The molecule has 0 rings (SSSR count). The molecule has 6 nitrogen and oxygen atoms in total. The van der Waals surface area contributed by atoms with Gasteiger partial charge in [-0.05, 0) is 13.8 Å².